The second-order valence-electron chi connectivity index (χ2n) is 4.99. The van der Waals surface area contributed by atoms with Gasteiger partial charge in [-0.05, 0) is 17.7 Å². The van der Waals surface area contributed by atoms with Crippen LogP contribution < -0.4 is 0 Å². The molecule has 6 nitrogen and oxygen atoms in total. The molecule has 0 saturated carbocycles. The van der Waals surface area contributed by atoms with Crippen molar-refractivity contribution in [3.63, 3.8) is 0 Å². The van der Waals surface area contributed by atoms with Gasteiger partial charge in [-0.15, -0.1) is 15.3 Å². The van der Waals surface area contributed by atoms with Crippen LogP contribution in [0.2, 0.25) is 0 Å². The molecule has 0 atom stereocenters. The van der Waals surface area contributed by atoms with Crippen molar-refractivity contribution >= 4 is 11.0 Å². The molecule has 0 saturated heterocycles. The molecule has 0 aliphatic carbocycles. The van der Waals surface area contributed by atoms with Crippen LogP contribution in [-0.4, -0.2) is 25.2 Å². The van der Waals surface area contributed by atoms with E-state index in [2.05, 4.69) is 20.5 Å². The van der Waals surface area contributed by atoms with Gasteiger partial charge in [-0.2, -0.15) is 0 Å². The Bertz CT molecular complexity index is 897. The summed E-state index contributed by atoms with van der Waals surface area (Å²) in [6.45, 7) is 0.419. The van der Waals surface area contributed by atoms with Crippen LogP contribution in [0.4, 0.5) is 0 Å². The first-order valence-corrected chi connectivity index (χ1v) is 7.02. The average Bonchev–Trinajstić information content (AvgIpc) is 3.17. The van der Waals surface area contributed by atoms with Gasteiger partial charge in [-0.3, -0.25) is 0 Å². The quantitative estimate of drug-likeness (QED) is 0.577. The highest BCUT2D eigenvalue weighted by Crippen LogP contribution is 2.13. The summed E-state index contributed by atoms with van der Waals surface area (Å²) in [5.41, 5.74) is 2.95. The van der Waals surface area contributed by atoms with E-state index >= 15 is 0 Å². The molecule has 4 rings (SSSR count). The van der Waals surface area contributed by atoms with Crippen molar-refractivity contribution in [3.8, 4) is 0 Å². The number of rotatable bonds is 4. The fourth-order valence-corrected chi connectivity index (χ4v) is 2.36. The fourth-order valence-electron chi connectivity index (χ4n) is 2.36. The zero-order valence-electron chi connectivity index (χ0n) is 11.8. The van der Waals surface area contributed by atoms with Crippen LogP contribution in [0.15, 0.2) is 59.0 Å². The lowest BCUT2D eigenvalue weighted by atomic mass is 10.2. The van der Waals surface area contributed by atoms with Crippen LogP contribution in [0.3, 0.4) is 0 Å². The van der Waals surface area contributed by atoms with Gasteiger partial charge >= 0.3 is 0 Å². The van der Waals surface area contributed by atoms with Crippen molar-refractivity contribution in [3.05, 3.63) is 71.9 Å². The van der Waals surface area contributed by atoms with Gasteiger partial charge in [-0.1, -0.05) is 47.7 Å². The highest BCUT2D eigenvalue weighted by Gasteiger charge is 2.10. The predicted molar refractivity (Wildman–Crippen MR) is 80.2 cm³/mol. The normalized spacial score (nSPS) is 11.1. The van der Waals surface area contributed by atoms with E-state index in [4.69, 9.17) is 4.42 Å². The second kappa shape index (κ2) is 5.40. The first-order valence-electron chi connectivity index (χ1n) is 7.02. The van der Waals surface area contributed by atoms with Gasteiger partial charge in [0.05, 0.1) is 11.9 Å². The molecule has 0 unspecified atom stereocenters. The molecule has 108 valence electrons. The van der Waals surface area contributed by atoms with E-state index < -0.39 is 0 Å². The van der Waals surface area contributed by atoms with E-state index in [-0.39, 0.29) is 0 Å². The van der Waals surface area contributed by atoms with E-state index in [1.165, 1.54) is 0 Å². The van der Waals surface area contributed by atoms with Crippen molar-refractivity contribution in [2.24, 2.45) is 0 Å². The summed E-state index contributed by atoms with van der Waals surface area (Å²) in [5.74, 6) is 1.13. The lowest BCUT2D eigenvalue weighted by Gasteiger charge is -1.97. The van der Waals surface area contributed by atoms with Gasteiger partial charge in [0, 0.05) is 0 Å². The minimum atomic E-state index is 0.419. The third kappa shape index (κ3) is 2.46. The standard InChI is InChI=1S/C16H13N5O/c1-2-6-12(7-3-1)10-15-18-19-16(22-15)11-21-14-9-5-4-8-13(14)17-20-21/h1-9H,10-11H2. The minimum absolute atomic E-state index is 0.419. The molecule has 0 fully saturated rings. The van der Waals surface area contributed by atoms with Gasteiger partial charge in [0.15, 0.2) is 0 Å². The van der Waals surface area contributed by atoms with Crippen LogP contribution in [-0.2, 0) is 13.0 Å². The topological polar surface area (TPSA) is 69.6 Å². The Morgan fingerprint density at radius 3 is 2.50 bits per heavy atom. The number of hydrogen-bond acceptors (Lipinski definition) is 5. The largest absolute Gasteiger partial charge is 0.423 e. The van der Waals surface area contributed by atoms with Crippen LogP contribution in [0, 0.1) is 0 Å². The summed E-state index contributed by atoms with van der Waals surface area (Å²) in [5, 5.41) is 16.4. The molecule has 2 aromatic heterocycles. The Morgan fingerprint density at radius 1 is 0.818 bits per heavy atom. The Hall–Kier alpha value is -3.02. The van der Waals surface area contributed by atoms with E-state index in [1.54, 1.807) is 4.68 Å². The Kier molecular flexibility index (Phi) is 3.12. The number of nitrogens with zero attached hydrogens (tertiary/aromatic N) is 5. The summed E-state index contributed by atoms with van der Waals surface area (Å²) >= 11 is 0. The minimum Gasteiger partial charge on any atom is -0.423 e. The van der Waals surface area contributed by atoms with Gasteiger partial charge in [0.25, 0.3) is 0 Å². The Morgan fingerprint density at radius 2 is 1.59 bits per heavy atom. The van der Waals surface area contributed by atoms with E-state index in [1.807, 2.05) is 54.6 Å². The molecule has 0 amide bonds. The number of para-hydroxylation sites is 1. The third-order valence-electron chi connectivity index (χ3n) is 3.41. The summed E-state index contributed by atoms with van der Waals surface area (Å²) in [7, 11) is 0. The molecule has 0 aliphatic heterocycles. The average molecular weight is 291 g/mol. The van der Waals surface area contributed by atoms with Crippen molar-refractivity contribution in [2.45, 2.75) is 13.0 Å². The second-order valence-corrected chi connectivity index (χ2v) is 4.99. The molecule has 2 heterocycles. The monoisotopic (exact) mass is 291 g/mol. The zero-order chi connectivity index (χ0) is 14.8. The molecular weight excluding hydrogens is 278 g/mol. The van der Waals surface area contributed by atoms with Gasteiger partial charge in [-0.25, -0.2) is 4.68 Å². The maximum Gasteiger partial charge on any atom is 0.238 e. The molecule has 0 aliphatic rings. The highest BCUT2D eigenvalue weighted by molar-refractivity contribution is 5.73. The number of benzene rings is 2. The summed E-state index contributed by atoms with van der Waals surface area (Å²) in [6.07, 6.45) is 0.631. The fraction of sp³-hybridized carbons (Fsp3) is 0.125. The van der Waals surface area contributed by atoms with Crippen molar-refractivity contribution in [1.82, 2.24) is 25.2 Å². The Balaban J connectivity index is 1.54. The Labute approximate surface area is 126 Å². The predicted octanol–water partition coefficient (Wildman–Crippen LogP) is 2.45. The maximum atomic E-state index is 5.70. The van der Waals surface area contributed by atoms with Gasteiger partial charge in [0.2, 0.25) is 11.8 Å². The van der Waals surface area contributed by atoms with Crippen LogP contribution in [0.5, 0.6) is 0 Å². The van der Waals surface area contributed by atoms with Crippen LogP contribution in [0.25, 0.3) is 11.0 Å². The first kappa shape index (κ1) is 12.7. The van der Waals surface area contributed by atoms with Crippen LogP contribution in [0.1, 0.15) is 17.3 Å². The molecular formula is C16H13N5O. The molecule has 0 bridgehead atoms. The smallest absolute Gasteiger partial charge is 0.238 e. The van der Waals surface area contributed by atoms with E-state index in [9.17, 15) is 0 Å². The van der Waals surface area contributed by atoms with Gasteiger partial charge in [0.1, 0.15) is 12.1 Å². The van der Waals surface area contributed by atoms with Crippen molar-refractivity contribution in [1.29, 1.82) is 0 Å². The molecule has 0 N–H and O–H groups in total. The summed E-state index contributed by atoms with van der Waals surface area (Å²) < 4.78 is 7.46. The summed E-state index contributed by atoms with van der Waals surface area (Å²) in [4.78, 5) is 0. The third-order valence-corrected chi connectivity index (χ3v) is 3.41. The lowest BCUT2D eigenvalue weighted by molar-refractivity contribution is 0.436. The molecule has 22 heavy (non-hydrogen) atoms. The van der Waals surface area contributed by atoms with E-state index in [0.29, 0.717) is 24.7 Å². The van der Waals surface area contributed by atoms with E-state index in [0.717, 1.165) is 16.6 Å². The first-order chi connectivity index (χ1) is 10.9. The lowest BCUT2D eigenvalue weighted by Crippen LogP contribution is -2.02. The molecule has 2 aromatic carbocycles. The SMILES string of the molecule is c1ccc(Cc2nnc(Cn3nnc4ccccc43)o2)cc1. The molecule has 0 spiro atoms. The van der Waals surface area contributed by atoms with Crippen molar-refractivity contribution < 1.29 is 4.42 Å². The molecule has 0 radical (unpaired) electrons. The molecule has 6 heteroatoms. The highest BCUT2D eigenvalue weighted by atomic mass is 16.4. The van der Waals surface area contributed by atoms with Crippen LogP contribution >= 0.6 is 0 Å². The number of hydrogen-bond donors (Lipinski definition) is 0. The molecule has 4 aromatic rings. The van der Waals surface area contributed by atoms with Crippen molar-refractivity contribution in [2.75, 3.05) is 0 Å². The number of aromatic nitrogens is 5. The van der Waals surface area contributed by atoms with Gasteiger partial charge < -0.3 is 4.42 Å². The maximum absolute atomic E-state index is 5.70. The number of fused-ring (bicyclic) bond motifs is 1. The summed E-state index contributed by atoms with van der Waals surface area (Å²) in [6, 6.07) is 17.8. The zero-order valence-corrected chi connectivity index (χ0v) is 11.8.